The fourth-order valence-electron chi connectivity index (χ4n) is 3.17. The van der Waals surface area contributed by atoms with Crippen molar-refractivity contribution in [1.82, 2.24) is 9.97 Å². The van der Waals surface area contributed by atoms with Gasteiger partial charge in [0.05, 0.1) is 5.52 Å². The van der Waals surface area contributed by atoms with Crippen LogP contribution >= 0.6 is 0 Å². The summed E-state index contributed by atoms with van der Waals surface area (Å²) in [6.45, 7) is 1.94. The molecule has 5 heteroatoms. The first-order valence-corrected chi connectivity index (χ1v) is 8.19. The van der Waals surface area contributed by atoms with E-state index in [0.29, 0.717) is 11.4 Å². The minimum Gasteiger partial charge on any atom is -0.398 e. The molecule has 4 aromatic rings. The number of benzene rings is 3. The zero-order valence-corrected chi connectivity index (χ0v) is 14.2. The largest absolute Gasteiger partial charge is 0.398 e. The fourth-order valence-corrected chi connectivity index (χ4v) is 3.17. The maximum Gasteiger partial charge on any atom is 0.123 e. The van der Waals surface area contributed by atoms with Gasteiger partial charge in [0.25, 0.3) is 0 Å². The lowest BCUT2D eigenvalue weighted by Crippen LogP contribution is -2.02. The average molecular weight is 344 g/mol. The van der Waals surface area contributed by atoms with Gasteiger partial charge in [-0.05, 0) is 53.9 Å². The number of nitrogens with two attached hydrogens (primary N) is 2. The molecule has 4 rings (SSSR count). The molecule has 0 saturated carbocycles. The minimum absolute atomic E-state index is 0.298. The Morgan fingerprint density at radius 1 is 0.885 bits per heavy atom. The fraction of sp³-hybridized carbons (Fsp3) is 0.0476. The van der Waals surface area contributed by atoms with Gasteiger partial charge in [-0.1, -0.05) is 18.2 Å². The SMILES string of the molecule is Cc1cc(-c2ccc3ncncc3c2)c(N)c(-c2ccc(F)cc2)c1N. The first kappa shape index (κ1) is 16.0. The van der Waals surface area contributed by atoms with Crippen LogP contribution in [0.5, 0.6) is 0 Å². The van der Waals surface area contributed by atoms with Gasteiger partial charge in [-0.25, -0.2) is 14.4 Å². The van der Waals surface area contributed by atoms with E-state index in [1.807, 2.05) is 31.2 Å². The molecule has 0 unspecified atom stereocenters. The zero-order valence-electron chi connectivity index (χ0n) is 14.2. The Morgan fingerprint density at radius 3 is 2.38 bits per heavy atom. The van der Waals surface area contributed by atoms with Crippen molar-refractivity contribution in [3.05, 3.63) is 72.4 Å². The van der Waals surface area contributed by atoms with Crippen molar-refractivity contribution in [2.75, 3.05) is 11.5 Å². The van der Waals surface area contributed by atoms with Crippen LogP contribution in [0, 0.1) is 12.7 Å². The third-order valence-corrected chi connectivity index (χ3v) is 4.56. The van der Waals surface area contributed by atoms with Crippen molar-refractivity contribution >= 4 is 22.3 Å². The van der Waals surface area contributed by atoms with Gasteiger partial charge in [0.15, 0.2) is 0 Å². The Labute approximate surface area is 150 Å². The molecule has 1 heterocycles. The average Bonchev–Trinajstić information content (AvgIpc) is 2.66. The second-order valence-corrected chi connectivity index (χ2v) is 6.25. The Morgan fingerprint density at radius 2 is 1.62 bits per heavy atom. The summed E-state index contributed by atoms with van der Waals surface area (Å²) < 4.78 is 13.3. The molecule has 3 aromatic carbocycles. The summed E-state index contributed by atoms with van der Waals surface area (Å²) in [4.78, 5) is 8.32. The van der Waals surface area contributed by atoms with Crippen LogP contribution in [0.1, 0.15) is 5.56 Å². The van der Waals surface area contributed by atoms with E-state index in [2.05, 4.69) is 9.97 Å². The van der Waals surface area contributed by atoms with Gasteiger partial charge in [-0.2, -0.15) is 0 Å². The number of anilines is 2. The molecule has 0 atom stereocenters. The minimum atomic E-state index is -0.298. The molecule has 0 aliphatic heterocycles. The molecule has 0 amide bonds. The standard InChI is InChI=1S/C21H17FN4/c1-12-8-17(14-4-7-18-15(9-14)10-25-11-26-18)21(24)19(20(12)23)13-2-5-16(22)6-3-13/h2-11H,23-24H2,1H3. The number of aromatic nitrogens is 2. The molecule has 1 aromatic heterocycles. The van der Waals surface area contributed by atoms with Crippen molar-refractivity contribution in [2.24, 2.45) is 0 Å². The third kappa shape index (κ3) is 2.63. The van der Waals surface area contributed by atoms with E-state index >= 15 is 0 Å². The van der Waals surface area contributed by atoms with E-state index in [1.165, 1.54) is 18.5 Å². The van der Waals surface area contributed by atoms with Crippen LogP contribution < -0.4 is 11.5 Å². The van der Waals surface area contributed by atoms with Crippen molar-refractivity contribution in [1.29, 1.82) is 0 Å². The lowest BCUT2D eigenvalue weighted by Gasteiger charge is -2.17. The molecule has 0 aliphatic rings. The molecule has 128 valence electrons. The summed E-state index contributed by atoms with van der Waals surface area (Å²) in [5.74, 6) is -0.298. The normalized spacial score (nSPS) is 11.0. The summed E-state index contributed by atoms with van der Waals surface area (Å²) in [7, 11) is 0. The van der Waals surface area contributed by atoms with Gasteiger partial charge in [0.1, 0.15) is 12.1 Å². The number of halogens is 1. The molecule has 0 saturated heterocycles. The van der Waals surface area contributed by atoms with Crippen molar-refractivity contribution < 1.29 is 4.39 Å². The Hall–Kier alpha value is -3.47. The number of hydrogen-bond acceptors (Lipinski definition) is 4. The van der Waals surface area contributed by atoms with Gasteiger partial charge in [0.2, 0.25) is 0 Å². The van der Waals surface area contributed by atoms with Crippen LogP contribution in [0.15, 0.2) is 61.1 Å². The van der Waals surface area contributed by atoms with E-state index in [1.54, 1.807) is 18.3 Å². The number of aryl methyl sites for hydroxylation is 1. The summed E-state index contributed by atoms with van der Waals surface area (Å²) in [6.07, 6.45) is 3.30. The molecular formula is C21H17FN4. The van der Waals surface area contributed by atoms with Gasteiger partial charge < -0.3 is 11.5 Å². The topological polar surface area (TPSA) is 77.8 Å². The third-order valence-electron chi connectivity index (χ3n) is 4.56. The molecule has 4 N–H and O–H groups in total. The van der Waals surface area contributed by atoms with E-state index in [-0.39, 0.29) is 5.82 Å². The second-order valence-electron chi connectivity index (χ2n) is 6.25. The summed E-state index contributed by atoms with van der Waals surface area (Å²) >= 11 is 0. The first-order valence-electron chi connectivity index (χ1n) is 8.19. The van der Waals surface area contributed by atoms with Crippen molar-refractivity contribution in [3.8, 4) is 22.3 Å². The summed E-state index contributed by atoms with van der Waals surface area (Å²) in [5.41, 5.74) is 19.1. The van der Waals surface area contributed by atoms with Crippen LogP contribution in [0.2, 0.25) is 0 Å². The Balaban J connectivity index is 1.95. The molecule has 0 radical (unpaired) electrons. The van der Waals surface area contributed by atoms with Gasteiger partial charge in [-0.3, -0.25) is 0 Å². The molecule has 4 nitrogen and oxygen atoms in total. The van der Waals surface area contributed by atoms with Crippen LogP contribution in [0.4, 0.5) is 15.8 Å². The number of fused-ring (bicyclic) bond motifs is 1. The Kier molecular flexibility index (Phi) is 3.77. The summed E-state index contributed by atoms with van der Waals surface area (Å²) in [5, 5.41) is 0.933. The first-order chi connectivity index (χ1) is 12.5. The van der Waals surface area contributed by atoms with Gasteiger partial charge in [-0.15, -0.1) is 0 Å². The quantitative estimate of drug-likeness (QED) is 0.522. The molecule has 0 aliphatic carbocycles. The van der Waals surface area contributed by atoms with Gasteiger partial charge >= 0.3 is 0 Å². The highest BCUT2D eigenvalue weighted by Gasteiger charge is 2.15. The van der Waals surface area contributed by atoms with Crippen molar-refractivity contribution in [2.45, 2.75) is 6.92 Å². The highest BCUT2D eigenvalue weighted by Crippen LogP contribution is 2.41. The summed E-state index contributed by atoms with van der Waals surface area (Å²) in [6, 6.07) is 14.1. The molecule has 0 fully saturated rings. The number of rotatable bonds is 2. The smallest absolute Gasteiger partial charge is 0.123 e. The van der Waals surface area contributed by atoms with Gasteiger partial charge in [0, 0.05) is 34.1 Å². The zero-order chi connectivity index (χ0) is 18.3. The molecule has 0 spiro atoms. The maximum absolute atomic E-state index is 13.3. The highest BCUT2D eigenvalue weighted by molar-refractivity contribution is 5.98. The Bertz CT molecular complexity index is 1120. The predicted octanol–water partition coefficient (Wildman–Crippen LogP) is 4.58. The number of nitrogen functional groups attached to an aromatic ring is 2. The molecule has 26 heavy (non-hydrogen) atoms. The number of nitrogens with zero attached hydrogens (tertiary/aromatic N) is 2. The molecule has 0 bridgehead atoms. The monoisotopic (exact) mass is 344 g/mol. The van der Waals surface area contributed by atoms with E-state index in [9.17, 15) is 4.39 Å². The lowest BCUT2D eigenvalue weighted by atomic mass is 9.91. The van der Waals surface area contributed by atoms with E-state index in [4.69, 9.17) is 11.5 Å². The van der Waals surface area contributed by atoms with Crippen LogP contribution in [-0.2, 0) is 0 Å². The second kappa shape index (κ2) is 6.11. The van der Waals surface area contributed by atoms with Crippen LogP contribution in [0.3, 0.4) is 0 Å². The lowest BCUT2D eigenvalue weighted by molar-refractivity contribution is 0.628. The van der Waals surface area contributed by atoms with Crippen LogP contribution in [0.25, 0.3) is 33.2 Å². The number of hydrogen-bond donors (Lipinski definition) is 2. The maximum atomic E-state index is 13.3. The van der Waals surface area contributed by atoms with Crippen LogP contribution in [-0.4, -0.2) is 9.97 Å². The molecular weight excluding hydrogens is 327 g/mol. The highest BCUT2D eigenvalue weighted by atomic mass is 19.1. The van der Waals surface area contributed by atoms with E-state index < -0.39 is 0 Å². The predicted molar refractivity (Wildman–Crippen MR) is 104 cm³/mol. The van der Waals surface area contributed by atoms with Crippen molar-refractivity contribution in [3.63, 3.8) is 0 Å². The van der Waals surface area contributed by atoms with E-state index in [0.717, 1.165) is 38.7 Å².